The first-order valence-corrected chi connectivity index (χ1v) is 11.0. The number of Topliss-reactive ketones (excluding diaryl/α,β-unsaturated/α-hetero) is 2. The molecule has 0 aliphatic heterocycles. The van der Waals surface area contributed by atoms with Crippen LogP contribution in [0.1, 0.15) is 19.3 Å². The number of ether oxygens (including phenoxy) is 2. The zero-order chi connectivity index (χ0) is 19.2. The number of alkyl halides is 2. The number of ketones is 2. The minimum atomic E-state index is -1.43. The highest BCUT2D eigenvalue weighted by Crippen LogP contribution is 3.11. The largest absolute Gasteiger partial charge is 0.469 e. The zero-order valence-corrected chi connectivity index (χ0v) is 17.8. The van der Waals surface area contributed by atoms with Gasteiger partial charge in [-0.2, -0.15) is 0 Å². The summed E-state index contributed by atoms with van der Waals surface area (Å²) in [6.07, 6.45) is 2.66. The lowest BCUT2D eigenvalue weighted by molar-refractivity contribution is -0.359. The number of carbonyl (C=O) groups excluding carboxylic acids is 4. The Morgan fingerprint density at radius 3 is 1.56 bits per heavy atom. The molecule has 0 saturated heterocycles. The third-order valence-corrected chi connectivity index (χ3v) is 13.9. The number of methoxy groups -OCH3 is 2. The molecule has 27 heavy (non-hydrogen) atoms. The number of hydrogen-bond donors (Lipinski definition) is 0. The first kappa shape index (κ1) is 16.1. The predicted octanol–water partition coefficient (Wildman–Crippen LogP) is 1.41. The first-order chi connectivity index (χ1) is 12.7. The van der Waals surface area contributed by atoms with Gasteiger partial charge in [0.1, 0.15) is 19.5 Å². The average molecular weight is 500 g/mol. The SMILES string of the molecule is COC(=O)[C@]12[C@@H]3[C@H]4[C@@]56C(=O)[C@](Br)([C@@]1(Br)C(=O)[C@@]35[C@@H]1CC[C@H]6C1)[C@@]42C(=O)OC. The number of carbonyl (C=O) groups is 4. The number of fused-ring (bicyclic) bond motifs is 3. The number of esters is 2. The minimum absolute atomic E-state index is 0.0534. The van der Waals surface area contributed by atoms with Crippen LogP contribution in [0.15, 0.2) is 0 Å². The Hall–Kier alpha value is -0.760. The van der Waals surface area contributed by atoms with E-state index >= 15 is 0 Å². The smallest absolute Gasteiger partial charge is 0.315 e. The van der Waals surface area contributed by atoms with Crippen LogP contribution < -0.4 is 0 Å². The Morgan fingerprint density at radius 1 is 0.852 bits per heavy atom. The van der Waals surface area contributed by atoms with Crippen molar-refractivity contribution < 1.29 is 28.7 Å². The molecule has 0 heterocycles. The topological polar surface area (TPSA) is 86.7 Å². The van der Waals surface area contributed by atoms with Crippen LogP contribution in [0.5, 0.6) is 0 Å². The molecule has 7 fully saturated rings. The van der Waals surface area contributed by atoms with Gasteiger partial charge in [0.25, 0.3) is 0 Å². The summed E-state index contributed by atoms with van der Waals surface area (Å²) in [6.45, 7) is 0. The molecule has 0 aromatic heterocycles. The molecule has 0 unspecified atom stereocenters. The van der Waals surface area contributed by atoms with Gasteiger partial charge >= 0.3 is 11.9 Å². The molecule has 0 N–H and O–H groups in total. The van der Waals surface area contributed by atoms with Crippen molar-refractivity contribution in [3.05, 3.63) is 0 Å². The summed E-state index contributed by atoms with van der Waals surface area (Å²) < 4.78 is 7.47. The molecule has 2 bridgehead atoms. The van der Waals surface area contributed by atoms with E-state index < -0.39 is 42.2 Å². The molecule has 7 aliphatic carbocycles. The summed E-state index contributed by atoms with van der Waals surface area (Å²) in [5, 5.41) is 0. The van der Waals surface area contributed by atoms with Crippen LogP contribution in [0, 0.1) is 45.3 Å². The molecule has 7 saturated carbocycles. The highest BCUT2D eigenvalue weighted by Gasteiger charge is 3.23. The van der Waals surface area contributed by atoms with E-state index in [-0.39, 0.29) is 35.2 Å². The first-order valence-electron chi connectivity index (χ1n) is 9.37. The third-order valence-electron chi connectivity index (χ3n) is 10.2. The molecule has 0 radical (unpaired) electrons. The fraction of sp³-hybridized carbons (Fsp3) is 0.789. The van der Waals surface area contributed by atoms with Crippen molar-refractivity contribution in [2.75, 3.05) is 14.2 Å². The van der Waals surface area contributed by atoms with Gasteiger partial charge in [-0.05, 0) is 42.9 Å². The van der Waals surface area contributed by atoms with Gasteiger partial charge in [0.2, 0.25) is 0 Å². The maximum atomic E-state index is 14.0. The van der Waals surface area contributed by atoms with E-state index in [0.29, 0.717) is 0 Å². The van der Waals surface area contributed by atoms with Crippen LogP contribution in [-0.2, 0) is 28.7 Å². The molecule has 142 valence electrons. The quantitative estimate of drug-likeness (QED) is 0.422. The predicted molar refractivity (Wildman–Crippen MR) is 94.9 cm³/mol. The van der Waals surface area contributed by atoms with Crippen LogP contribution in [0.3, 0.4) is 0 Å². The van der Waals surface area contributed by atoms with Gasteiger partial charge in [-0.1, -0.05) is 31.9 Å². The summed E-state index contributed by atoms with van der Waals surface area (Å²) in [4.78, 5) is 54.5. The summed E-state index contributed by atoms with van der Waals surface area (Å²) in [5.41, 5.74) is -4.32. The third kappa shape index (κ3) is 0.768. The zero-order valence-electron chi connectivity index (χ0n) is 14.6. The molecular weight excluding hydrogens is 484 g/mol. The van der Waals surface area contributed by atoms with E-state index in [0.717, 1.165) is 19.3 Å². The van der Waals surface area contributed by atoms with E-state index in [4.69, 9.17) is 9.47 Å². The second-order valence-corrected chi connectivity index (χ2v) is 11.9. The van der Waals surface area contributed by atoms with E-state index in [2.05, 4.69) is 31.9 Å². The average Bonchev–Trinajstić information content (AvgIpc) is 3.19. The molecule has 7 aliphatic rings. The van der Waals surface area contributed by atoms with Crippen LogP contribution in [0.2, 0.25) is 0 Å². The van der Waals surface area contributed by atoms with Gasteiger partial charge in [0.05, 0.1) is 25.0 Å². The minimum Gasteiger partial charge on any atom is -0.469 e. The van der Waals surface area contributed by atoms with Gasteiger partial charge in [-0.3, -0.25) is 19.2 Å². The van der Waals surface area contributed by atoms with E-state index in [9.17, 15) is 19.2 Å². The maximum Gasteiger partial charge on any atom is 0.315 e. The summed E-state index contributed by atoms with van der Waals surface area (Å²) >= 11 is 7.21. The fourth-order valence-corrected chi connectivity index (χ4v) is 13.5. The van der Waals surface area contributed by atoms with Crippen LogP contribution >= 0.6 is 31.9 Å². The lowest BCUT2D eigenvalue weighted by Gasteiger charge is -2.82. The monoisotopic (exact) mass is 498 g/mol. The number of hydrogen-bond acceptors (Lipinski definition) is 6. The Labute approximate surface area is 171 Å². The van der Waals surface area contributed by atoms with Gasteiger partial charge in [-0.15, -0.1) is 0 Å². The van der Waals surface area contributed by atoms with Crippen molar-refractivity contribution in [2.24, 2.45) is 45.3 Å². The Balaban J connectivity index is 1.66. The van der Waals surface area contributed by atoms with E-state index in [1.54, 1.807) is 0 Å². The normalized spacial score (nSPS) is 66.7. The van der Waals surface area contributed by atoms with E-state index in [1.165, 1.54) is 14.2 Å². The molecule has 0 aromatic carbocycles. The summed E-state index contributed by atoms with van der Waals surface area (Å²) in [6, 6.07) is 0. The van der Waals surface area contributed by atoms with Crippen molar-refractivity contribution >= 4 is 55.4 Å². The Morgan fingerprint density at radius 2 is 1.22 bits per heavy atom. The van der Waals surface area contributed by atoms with E-state index in [1.807, 2.05) is 0 Å². The molecule has 0 aromatic rings. The van der Waals surface area contributed by atoms with Gasteiger partial charge in [0, 0.05) is 0 Å². The molecular formula is C19H16Br2O6. The summed E-state index contributed by atoms with van der Waals surface area (Å²) in [5.74, 6) is -1.63. The molecule has 10 atom stereocenters. The Kier molecular flexibility index (Phi) is 2.14. The number of halogens is 2. The van der Waals surface area contributed by atoms with Crippen molar-refractivity contribution in [1.82, 2.24) is 0 Å². The molecule has 0 amide bonds. The van der Waals surface area contributed by atoms with Crippen molar-refractivity contribution in [3.8, 4) is 0 Å². The maximum absolute atomic E-state index is 14.0. The highest BCUT2D eigenvalue weighted by molar-refractivity contribution is 9.13. The van der Waals surface area contributed by atoms with Gasteiger partial charge < -0.3 is 9.47 Å². The second-order valence-electron chi connectivity index (χ2n) is 9.47. The molecule has 6 nitrogen and oxygen atoms in total. The Bertz CT molecular complexity index is 903. The molecule has 8 heteroatoms. The van der Waals surface area contributed by atoms with Gasteiger partial charge in [-0.25, -0.2) is 0 Å². The molecule has 7 rings (SSSR count). The molecule has 2 spiro atoms. The lowest BCUT2D eigenvalue weighted by atomic mass is 9.18. The van der Waals surface area contributed by atoms with Crippen LogP contribution in [0.25, 0.3) is 0 Å². The van der Waals surface area contributed by atoms with Crippen molar-refractivity contribution in [2.45, 2.75) is 27.9 Å². The number of rotatable bonds is 2. The fourth-order valence-electron chi connectivity index (χ4n) is 10.4. The second kappa shape index (κ2) is 3.59. The summed E-state index contributed by atoms with van der Waals surface area (Å²) in [7, 11) is 2.56. The van der Waals surface area contributed by atoms with Crippen LogP contribution in [-0.4, -0.2) is 46.4 Å². The lowest BCUT2D eigenvalue weighted by Crippen LogP contribution is -2.95. The van der Waals surface area contributed by atoms with Crippen molar-refractivity contribution in [3.63, 3.8) is 0 Å². The van der Waals surface area contributed by atoms with Gasteiger partial charge in [0.15, 0.2) is 11.6 Å². The van der Waals surface area contributed by atoms with Crippen molar-refractivity contribution in [1.29, 1.82) is 0 Å². The highest BCUT2D eigenvalue weighted by atomic mass is 79.9. The standard InChI is InChI=1S/C19H16Br2O6/c1-26-12(24)16-8-9-15-7-4-3-6(5-7)14(8,15)10(22)18(16,20)19(21,11(15)23)17(9,16)13(25)27-2/h6-9H,3-5H2,1-2H3/t6-,7+,8-,9+,14-,15+,16+,17-,18-,19-/m1/s1. The van der Waals surface area contributed by atoms with Crippen LogP contribution in [0.4, 0.5) is 0 Å².